The van der Waals surface area contributed by atoms with Gasteiger partial charge in [-0.2, -0.15) is 0 Å². The van der Waals surface area contributed by atoms with E-state index in [4.69, 9.17) is 5.11 Å². The molecule has 1 aromatic heterocycles. The number of carboxylic acids is 1. The number of aromatic nitrogens is 1. The van der Waals surface area contributed by atoms with Crippen molar-refractivity contribution >= 4 is 21.5 Å². The standard InChI is InChI=1S/C6H7NO2Si/c8-6(9)4-1-2-7-5(10)3-4/h1-3H,10H3,(H,8,9). The number of carbonyl (C=O) groups is 1. The van der Waals surface area contributed by atoms with Gasteiger partial charge in [0.25, 0.3) is 0 Å². The lowest BCUT2D eigenvalue weighted by molar-refractivity contribution is 0.0697. The van der Waals surface area contributed by atoms with Crippen molar-refractivity contribution < 1.29 is 9.90 Å². The molecule has 0 saturated carbocycles. The van der Waals surface area contributed by atoms with Gasteiger partial charge < -0.3 is 5.11 Å². The van der Waals surface area contributed by atoms with Crippen molar-refractivity contribution in [1.82, 2.24) is 4.98 Å². The van der Waals surface area contributed by atoms with Crippen molar-refractivity contribution in [1.29, 1.82) is 0 Å². The summed E-state index contributed by atoms with van der Waals surface area (Å²) in [5.74, 6) is -0.889. The van der Waals surface area contributed by atoms with E-state index in [0.717, 1.165) is 15.6 Å². The highest BCUT2D eigenvalue weighted by atomic mass is 28.1. The molecule has 0 aliphatic carbocycles. The van der Waals surface area contributed by atoms with Gasteiger partial charge in [-0.1, -0.05) is 0 Å². The van der Waals surface area contributed by atoms with Gasteiger partial charge in [0.15, 0.2) is 0 Å². The Morgan fingerprint density at radius 2 is 2.40 bits per heavy atom. The first-order chi connectivity index (χ1) is 4.70. The maximum absolute atomic E-state index is 10.3. The Morgan fingerprint density at radius 1 is 1.70 bits per heavy atom. The van der Waals surface area contributed by atoms with Gasteiger partial charge in [0.2, 0.25) is 0 Å². The van der Waals surface area contributed by atoms with Gasteiger partial charge in [-0.15, -0.1) is 0 Å². The summed E-state index contributed by atoms with van der Waals surface area (Å²) in [4.78, 5) is 14.3. The first-order valence-electron chi connectivity index (χ1n) is 2.86. The highest BCUT2D eigenvalue weighted by Gasteiger charge is 1.99. The van der Waals surface area contributed by atoms with Crippen LogP contribution in [0.1, 0.15) is 10.4 Å². The van der Waals surface area contributed by atoms with Crippen LogP contribution in [0.2, 0.25) is 0 Å². The summed E-state index contributed by atoms with van der Waals surface area (Å²) in [6.07, 6.45) is 1.52. The minimum absolute atomic E-state index is 0.319. The van der Waals surface area contributed by atoms with Crippen LogP contribution in [-0.4, -0.2) is 26.3 Å². The number of pyridine rings is 1. The van der Waals surface area contributed by atoms with Crippen LogP contribution in [0.15, 0.2) is 18.3 Å². The quantitative estimate of drug-likeness (QED) is 0.514. The third kappa shape index (κ3) is 1.41. The Bertz CT molecular complexity index is 262. The van der Waals surface area contributed by atoms with Crippen LogP contribution in [-0.2, 0) is 0 Å². The summed E-state index contributed by atoms with van der Waals surface area (Å²) in [6.45, 7) is 0. The average Bonchev–Trinajstić information content (AvgIpc) is 1.88. The molecule has 0 aromatic carbocycles. The molecule has 0 aliphatic rings. The SMILES string of the molecule is O=C(O)c1ccnc([SiH3])c1. The Labute approximate surface area is 61.1 Å². The zero-order chi connectivity index (χ0) is 7.56. The molecule has 0 fully saturated rings. The predicted molar refractivity (Wildman–Crippen MR) is 40.8 cm³/mol. The molecule has 10 heavy (non-hydrogen) atoms. The molecule has 52 valence electrons. The summed E-state index contributed by atoms with van der Waals surface area (Å²) in [7, 11) is 0.794. The van der Waals surface area contributed by atoms with Crippen molar-refractivity contribution in [3.8, 4) is 0 Å². The minimum Gasteiger partial charge on any atom is -0.478 e. The fourth-order valence-corrected chi connectivity index (χ4v) is 1.14. The Hall–Kier alpha value is -1.16. The van der Waals surface area contributed by atoms with Crippen molar-refractivity contribution in [3.63, 3.8) is 0 Å². The number of carboxylic acid groups (broad SMARTS) is 1. The molecule has 3 nitrogen and oxygen atoms in total. The average molecular weight is 153 g/mol. The molecule has 0 bridgehead atoms. The maximum Gasteiger partial charge on any atom is 0.335 e. The summed E-state index contributed by atoms with van der Waals surface area (Å²) in [5, 5.41) is 9.36. The molecule has 0 amide bonds. The number of rotatable bonds is 1. The van der Waals surface area contributed by atoms with Crippen molar-refractivity contribution in [2.75, 3.05) is 0 Å². The maximum atomic E-state index is 10.3. The molecular formula is C6H7NO2Si. The van der Waals surface area contributed by atoms with Crippen LogP contribution < -0.4 is 5.32 Å². The second-order valence-electron chi connectivity index (χ2n) is 1.99. The summed E-state index contributed by atoms with van der Waals surface area (Å²) < 4.78 is 0. The van der Waals surface area contributed by atoms with Crippen LogP contribution in [0, 0.1) is 0 Å². The third-order valence-electron chi connectivity index (χ3n) is 1.14. The lowest BCUT2D eigenvalue weighted by Crippen LogP contribution is -2.10. The van der Waals surface area contributed by atoms with E-state index in [1.165, 1.54) is 12.3 Å². The molecule has 1 N–H and O–H groups in total. The fraction of sp³-hybridized carbons (Fsp3) is 0. The zero-order valence-electron chi connectivity index (χ0n) is 5.53. The molecule has 1 aromatic rings. The van der Waals surface area contributed by atoms with Crippen molar-refractivity contribution in [2.24, 2.45) is 0 Å². The first-order valence-corrected chi connectivity index (χ1v) is 3.86. The van der Waals surface area contributed by atoms with E-state index in [1.807, 2.05) is 0 Å². The van der Waals surface area contributed by atoms with Gasteiger partial charge >= 0.3 is 5.97 Å². The molecule has 0 atom stereocenters. The van der Waals surface area contributed by atoms with E-state index in [9.17, 15) is 4.79 Å². The van der Waals surface area contributed by atoms with Gasteiger partial charge in [0, 0.05) is 11.5 Å². The minimum atomic E-state index is -0.889. The van der Waals surface area contributed by atoms with E-state index in [1.54, 1.807) is 6.07 Å². The molecule has 0 radical (unpaired) electrons. The van der Waals surface area contributed by atoms with Gasteiger partial charge in [0.1, 0.15) is 0 Å². The molecule has 0 unspecified atom stereocenters. The van der Waals surface area contributed by atoms with E-state index >= 15 is 0 Å². The predicted octanol–water partition coefficient (Wildman–Crippen LogP) is -1.23. The normalized spacial score (nSPS) is 9.60. The number of hydrogen-bond acceptors (Lipinski definition) is 2. The molecular weight excluding hydrogens is 146 g/mol. The lowest BCUT2D eigenvalue weighted by Gasteiger charge is -1.93. The monoisotopic (exact) mass is 153 g/mol. The molecule has 4 heteroatoms. The van der Waals surface area contributed by atoms with Crippen molar-refractivity contribution in [3.05, 3.63) is 23.9 Å². The van der Waals surface area contributed by atoms with Crippen LogP contribution in [0.5, 0.6) is 0 Å². The number of hydrogen-bond donors (Lipinski definition) is 1. The third-order valence-corrected chi connectivity index (χ3v) is 1.69. The first kappa shape index (κ1) is 6.95. The summed E-state index contributed by atoms with van der Waals surface area (Å²) in [6, 6.07) is 3.08. The van der Waals surface area contributed by atoms with Crippen LogP contribution in [0.25, 0.3) is 0 Å². The van der Waals surface area contributed by atoms with E-state index in [0.29, 0.717) is 5.56 Å². The molecule has 1 heterocycles. The van der Waals surface area contributed by atoms with Crippen LogP contribution in [0.4, 0.5) is 0 Å². The summed E-state index contributed by atoms with van der Waals surface area (Å²) >= 11 is 0. The van der Waals surface area contributed by atoms with E-state index in [-0.39, 0.29) is 0 Å². The molecule has 1 rings (SSSR count). The highest BCUT2D eigenvalue weighted by Crippen LogP contribution is 1.91. The van der Waals surface area contributed by atoms with Crippen molar-refractivity contribution in [2.45, 2.75) is 0 Å². The zero-order valence-corrected chi connectivity index (χ0v) is 7.53. The largest absolute Gasteiger partial charge is 0.478 e. The van der Waals surface area contributed by atoms with Gasteiger partial charge in [0.05, 0.1) is 15.8 Å². The summed E-state index contributed by atoms with van der Waals surface area (Å²) in [5.41, 5.74) is 0.319. The molecule has 0 saturated heterocycles. The highest BCUT2D eigenvalue weighted by molar-refractivity contribution is 6.30. The van der Waals surface area contributed by atoms with Crippen LogP contribution >= 0.6 is 0 Å². The molecule has 0 spiro atoms. The van der Waals surface area contributed by atoms with Crippen LogP contribution in [0.3, 0.4) is 0 Å². The Kier molecular flexibility index (Phi) is 1.82. The van der Waals surface area contributed by atoms with E-state index in [2.05, 4.69) is 4.98 Å². The lowest BCUT2D eigenvalue weighted by atomic mass is 10.3. The van der Waals surface area contributed by atoms with Gasteiger partial charge in [-0.25, -0.2) is 4.79 Å². The second kappa shape index (κ2) is 2.61. The topological polar surface area (TPSA) is 50.2 Å². The molecule has 0 aliphatic heterocycles. The smallest absolute Gasteiger partial charge is 0.335 e. The Balaban J connectivity index is 3.07. The fourth-order valence-electron chi connectivity index (χ4n) is 0.679. The Morgan fingerprint density at radius 3 is 2.80 bits per heavy atom. The second-order valence-corrected chi connectivity index (χ2v) is 3.02. The number of nitrogens with zero attached hydrogens (tertiary/aromatic N) is 1. The van der Waals surface area contributed by atoms with Gasteiger partial charge in [-0.3, -0.25) is 4.98 Å². The van der Waals surface area contributed by atoms with E-state index < -0.39 is 5.97 Å². The van der Waals surface area contributed by atoms with Gasteiger partial charge in [-0.05, 0) is 12.1 Å². The number of aromatic carboxylic acids is 1.